The molecule has 1 aromatic rings. The summed E-state index contributed by atoms with van der Waals surface area (Å²) in [4.78, 5) is 2.52. The van der Waals surface area contributed by atoms with Crippen LogP contribution in [0.5, 0.6) is 0 Å². The van der Waals surface area contributed by atoms with Crippen LogP contribution in [0.2, 0.25) is 0 Å². The Hall–Kier alpha value is -0.940. The number of hydrogen-bond acceptors (Lipinski definition) is 5. The Morgan fingerprint density at radius 1 is 1.25 bits per heavy atom. The van der Waals surface area contributed by atoms with Gasteiger partial charge in [0.25, 0.3) is 0 Å². The smallest absolute Gasteiger partial charge is 0.230 e. The van der Waals surface area contributed by atoms with Gasteiger partial charge in [-0.25, -0.2) is 0 Å². The summed E-state index contributed by atoms with van der Waals surface area (Å²) in [5, 5.41) is 12.0. The van der Waals surface area contributed by atoms with Gasteiger partial charge in [0.2, 0.25) is 11.8 Å². The highest BCUT2D eigenvalue weighted by Gasteiger charge is 2.32. The second-order valence-corrected chi connectivity index (χ2v) is 7.20. The van der Waals surface area contributed by atoms with Crippen LogP contribution in [0.3, 0.4) is 0 Å². The van der Waals surface area contributed by atoms with Crippen molar-refractivity contribution < 1.29 is 4.42 Å². The second kappa shape index (κ2) is 5.45. The molecule has 1 saturated heterocycles. The van der Waals surface area contributed by atoms with Crippen LogP contribution in [0.1, 0.15) is 58.2 Å². The Morgan fingerprint density at radius 3 is 2.60 bits per heavy atom. The Kier molecular flexibility index (Phi) is 3.82. The van der Waals surface area contributed by atoms with Crippen LogP contribution in [-0.2, 0) is 12.0 Å². The van der Waals surface area contributed by atoms with Gasteiger partial charge in [0.1, 0.15) is 0 Å². The lowest BCUT2D eigenvalue weighted by Crippen LogP contribution is -2.38. The highest BCUT2D eigenvalue weighted by molar-refractivity contribution is 4.97. The molecule has 5 nitrogen and oxygen atoms in total. The first-order valence-electron chi connectivity index (χ1n) is 7.82. The van der Waals surface area contributed by atoms with E-state index in [0.717, 1.165) is 37.5 Å². The maximum Gasteiger partial charge on any atom is 0.230 e. The average Bonchev–Trinajstić information content (AvgIpc) is 2.88. The van der Waals surface area contributed by atoms with Gasteiger partial charge in [-0.05, 0) is 32.2 Å². The van der Waals surface area contributed by atoms with Crippen molar-refractivity contribution in [3.8, 4) is 0 Å². The number of rotatable bonds is 5. The number of nitrogens with zero attached hydrogens (tertiary/aromatic N) is 3. The molecule has 2 fully saturated rings. The van der Waals surface area contributed by atoms with Crippen molar-refractivity contribution >= 4 is 0 Å². The first kappa shape index (κ1) is 14.0. The lowest BCUT2D eigenvalue weighted by Gasteiger charge is -2.24. The molecule has 0 amide bonds. The lowest BCUT2D eigenvalue weighted by molar-refractivity contribution is 0.205. The highest BCUT2D eigenvalue weighted by Crippen LogP contribution is 2.29. The highest BCUT2D eigenvalue weighted by atomic mass is 16.4. The van der Waals surface area contributed by atoms with Crippen LogP contribution in [-0.4, -0.2) is 40.3 Å². The summed E-state index contributed by atoms with van der Waals surface area (Å²) < 4.78 is 5.84. The SMILES string of the molecule is CC(C)(C)c1nnc(CN(CC2CCCN2)C2CC2)o1. The van der Waals surface area contributed by atoms with Gasteiger partial charge in [-0.2, -0.15) is 0 Å². The third kappa shape index (κ3) is 3.38. The van der Waals surface area contributed by atoms with Crippen LogP contribution < -0.4 is 5.32 Å². The fourth-order valence-corrected chi connectivity index (χ4v) is 2.77. The zero-order chi connectivity index (χ0) is 14.2. The van der Waals surface area contributed by atoms with E-state index >= 15 is 0 Å². The molecule has 1 aromatic heterocycles. The Bertz CT molecular complexity index is 441. The van der Waals surface area contributed by atoms with Crippen molar-refractivity contribution in [1.82, 2.24) is 20.4 Å². The zero-order valence-corrected chi connectivity index (χ0v) is 12.9. The Morgan fingerprint density at radius 2 is 2.05 bits per heavy atom. The van der Waals surface area contributed by atoms with E-state index in [4.69, 9.17) is 4.42 Å². The molecule has 1 unspecified atom stereocenters. The van der Waals surface area contributed by atoms with Gasteiger partial charge in [0.05, 0.1) is 6.54 Å². The monoisotopic (exact) mass is 278 g/mol. The van der Waals surface area contributed by atoms with E-state index in [-0.39, 0.29) is 5.41 Å². The molecule has 0 bridgehead atoms. The van der Waals surface area contributed by atoms with Crippen molar-refractivity contribution in [2.24, 2.45) is 0 Å². The molecule has 0 spiro atoms. The van der Waals surface area contributed by atoms with Gasteiger partial charge >= 0.3 is 0 Å². The first-order chi connectivity index (χ1) is 9.52. The summed E-state index contributed by atoms with van der Waals surface area (Å²) in [6, 6.07) is 1.36. The summed E-state index contributed by atoms with van der Waals surface area (Å²) in [7, 11) is 0. The summed E-state index contributed by atoms with van der Waals surface area (Å²) in [5.74, 6) is 1.50. The van der Waals surface area contributed by atoms with Gasteiger partial charge < -0.3 is 9.73 Å². The van der Waals surface area contributed by atoms with Gasteiger partial charge in [-0.1, -0.05) is 20.8 Å². The second-order valence-electron chi connectivity index (χ2n) is 7.20. The summed E-state index contributed by atoms with van der Waals surface area (Å²) in [5.41, 5.74) is -0.0668. The van der Waals surface area contributed by atoms with E-state index < -0.39 is 0 Å². The molecule has 1 aliphatic carbocycles. The lowest BCUT2D eigenvalue weighted by atomic mass is 9.97. The van der Waals surface area contributed by atoms with Crippen molar-refractivity contribution in [2.45, 2.75) is 70.5 Å². The van der Waals surface area contributed by atoms with Crippen LogP contribution >= 0.6 is 0 Å². The van der Waals surface area contributed by atoms with E-state index in [2.05, 4.69) is 41.2 Å². The number of nitrogens with one attached hydrogen (secondary N) is 1. The Labute approximate surface area is 121 Å². The average molecular weight is 278 g/mol. The summed E-state index contributed by atoms with van der Waals surface area (Å²) in [6.07, 6.45) is 5.22. The van der Waals surface area contributed by atoms with Crippen LogP contribution in [0, 0.1) is 0 Å². The fourth-order valence-electron chi connectivity index (χ4n) is 2.77. The summed E-state index contributed by atoms with van der Waals surface area (Å²) in [6.45, 7) is 9.38. The number of aromatic nitrogens is 2. The fraction of sp³-hybridized carbons (Fsp3) is 0.867. The van der Waals surface area contributed by atoms with Crippen LogP contribution in [0.15, 0.2) is 4.42 Å². The zero-order valence-electron chi connectivity index (χ0n) is 12.9. The van der Waals surface area contributed by atoms with E-state index in [1.165, 1.54) is 25.7 Å². The maximum atomic E-state index is 5.84. The van der Waals surface area contributed by atoms with Crippen molar-refractivity contribution in [3.05, 3.63) is 11.8 Å². The first-order valence-corrected chi connectivity index (χ1v) is 7.82. The molecule has 3 rings (SSSR count). The molecule has 112 valence electrons. The molecule has 1 atom stereocenters. The molecule has 20 heavy (non-hydrogen) atoms. The van der Waals surface area contributed by atoms with Crippen LogP contribution in [0.4, 0.5) is 0 Å². The van der Waals surface area contributed by atoms with E-state index in [1.54, 1.807) is 0 Å². The van der Waals surface area contributed by atoms with Gasteiger partial charge in [0, 0.05) is 24.0 Å². The maximum absolute atomic E-state index is 5.84. The van der Waals surface area contributed by atoms with Gasteiger partial charge in [-0.3, -0.25) is 4.90 Å². The molecule has 2 aliphatic rings. The third-order valence-corrected chi connectivity index (χ3v) is 4.13. The molecule has 5 heteroatoms. The van der Waals surface area contributed by atoms with Crippen molar-refractivity contribution in [3.63, 3.8) is 0 Å². The molecular formula is C15H26N4O. The largest absolute Gasteiger partial charge is 0.423 e. The normalized spacial score (nSPS) is 23.7. The van der Waals surface area contributed by atoms with Crippen molar-refractivity contribution in [2.75, 3.05) is 13.1 Å². The van der Waals surface area contributed by atoms with E-state index in [1.807, 2.05) is 0 Å². The van der Waals surface area contributed by atoms with E-state index in [9.17, 15) is 0 Å². The molecule has 1 N–H and O–H groups in total. The molecule has 0 radical (unpaired) electrons. The molecular weight excluding hydrogens is 252 g/mol. The molecule has 0 aromatic carbocycles. The predicted octanol–water partition coefficient (Wildman–Crippen LogP) is 2.08. The van der Waals surface area contributed by atoms with Gasteiger partial charge in [-0.15, -0.1) is 10.2 Å². The minimum absolute atomic E-state index is 0.0668. The number of hydrogen-bond donors (Lipinski definition) is 1. The van der Waals surface area contributed by atoms with Crippen LogP contribution in [0.25, 0.3) is 0 Å². The standard InChI is InChI=1S/C15H26N4O/c1-15(2,3)14-18-17-13(20-14)10-19(12-6-7-12)9-11-5-4-8-16-11/h11-12,16H,4-10H2,1-3H3. The van der Waals surface area contributed by atoms with Crippen molar-refractivity contribution in [1.29, 1.82) is 0 Å². The third-order valence-electron chi connectivity index (χ3n) is 4.13. The Balaban J connectivity index is 1.62. The predicted molar refractivity (Wildman–Crippen MR) is 77.5 cm³/mol. The molecule has 1 saturated carbocycles. The molecule has 2 heterocycles. The topological polar surface area (TPSA) is 54.2 Å². The minimum atomic E-state index is -0.0668. The minimum Gasteiger partial charge on any atom is -0.423 e. The van der Waals surface area contributed by atoms with E-state index in [0.29, 0.717) is 6.04 Å². The quantitative estimate of drug-likeness (QED) is 0.893. The summed E-state index contributed by atoms with van der Waals surface area (Å²) >= 11 is 0. The molecule has 1 aliphatic heterocycles. The van der Waals surface area contributed by atoms with Gasteiger partial charge in [0.15, 0.2) is 0 Å².